The topological polar surface area (TPSA) is 240 Å². The van der Waals surface area contributed by atoms with Crippen molar-refractivity contribution in [2.75, 3.05) is 0 Å². The Bertz CT molecular complexity index is 5520. The van der Waals surface area contributed by atoms with Gasteiger partial charge in [0.1, 0.15) is 16.5 Å². The molecule has 0 aliphatic carbocycles. The van der Waals surface area contributed by atoms with E-state index in [1.807, 2.05) is 127 Å². The minimum absolute atomic E-state index is 0. The largest absolute Gasteiger partial charge is 0.512 e. The molecule has 4 N–H and O–H groups in total. The van der Waals surface area contributed by atoms with E-state index >= 15 is 0 Å². The van der Waals surface area contributed by atoms with Crippen molar-refractivity contribution in [3.63, 3.8) is 0 Å². The SMILES string of the molecule is CC(=O)C=C(C)O.CC(=O)C=C(C)O.CC(=O)C=C(C)O.CC(=O)C=C(C)O.Fc1ccc[c-]c1-c1nc2ccccc2o1.[Ir].[Ir].[Ir].[Ir].[Ir].[c-]1c(-c2ccccn2)ccc2ccccc12.[c-]1c(-c2ccccn2)ccc2ccccc12.[c-]1ccc2ccccc2c1-c1nc2ccccc2s1.c1ccc(-c2nc3ccccc3s2)nc1. The van der Waals surface area contributed by atoms with Crippen LogP contribution in [0.4, 0.5) is 4.39 Å². The molecule has 0 saturated heterocycles. The molecule has 0 amide bonds. The monoisotopic (exact) mass is 2460 g/mol. The molecule has 0 unspecified atom stereocenters. The van der Waals surface area contributed by atoms with Gasteiger partial charge >= 0.3 is 0 Å². The summed E-state index contributed by atoms with van der Waals surface area (Å²) in [5, 5.41) is 42.6. The van der Waals surface area contributed by atoms with Gasteiger partial charge in [-0.1, -0.05) is 160 Å². The maximum Gasteiger partial charge on any atom is 0.155 e. The third-order valence-electron chi connectivity index (χ3n) is 14.6. The van der Waals surface area contributed by atoms with Gasteiger partial charge in [0.05, 0.1) is 50.0 Å². The van der Waals surface area contributed by atoms with E-state index in [0.29, 0.717) is 11.1 Å². The van der Waals surface area contributed by atoms with Crippen LogP contribution in [0.1, 0.15) is 55.4 Å². The van der Waals surface area contributed by atoms with E-state index < -0.39 is 0 Å². The number of ketones is 4. The standard InChI is InChI=1S/C17H10NS.2C15H10N.C13H7FNO.C12H8N2S.4C5H8O2.5Ir/c1-2-8-13-12(6-1)7-5-9-14(13)17-18-15-10-3-4-11-16(15)19-17;2*1-2-6-13-11-14(9-8-12(13)5-1)15-7-3-4-10-16-15;14-10-6-2-1-5-9(10)13-15-11-7-3-4-8-12(11)16-13;1-2-7-11-9(5-1)14-12(15-11)10-6-3-4-8-13-10;4*1-4(6)3-5(2)7;;;;;/h1-8,10-11H;2*1-10H;1-4,6-8H;1-8H;4*3,6H,1-2H3;;;;;/q4*-1;;;;;;;;;;. The first-order valence-corrected chi connectivity index (χ1v) is 35.9. The number of pyridine rings is 3. The molecule has 0 saturated carbocycles. The fourth-order valence-electron chi connectivity index (χ4n) is 10.1. The van der Waals surface area contributed by atoms with Gasteiger partial charge in [0, 0.05) is 170 Å². The van der Waals surface area contributed by atoms with Crippen LogP contribution in [-0.4, -0.2) is 73.5 Å². The van der Waals surface area contributed by atoms with Crippen LogP contribution in [0, 0.1) is 30.1 Å². The number of carbonyl (C=O) groups excluding carboxylic acids is 4. The Morgan fingerprint density at radius 3 is 1.17 bits per heavy atom. The molecule has 0 atom stereocenters. The van der Waals surface area contributed by atoms with Crippen molar-refractivity contribution in [3.05, 3.63) is 351 Å². The first kappa shape index (κ1) is 98.9. The number of nitrogens with zero attached hydrogens (tertiary/aromatic N) is 6. The van der Waals surface area contributed by atoms with Crippen LogP contribution in [0.15, 0.2) is 325 Å². The van der Waals surface area contributed by atoms with Gasteiger partial charge in [0.25, 0.3) is 0 Å². The summed E-state index contributed by atoms with van der Waals surface area (Å²) in [4.78, 5) is 66.5. The van der Waals surface area contributed by atoms with Crippen LogP contribution in [0.3, 0.4) is 0 Å². The quantitative estimate of drug-likeness (QED) is 0.0597. The van der Waals surface area contributed by atoms with Gasteiger partial charge in [-0.15, -0.1) is 124 Å². The molecule has 0 aliphatic heterocycles. The molecule has 16 aromatic rings. The number of benzene rings is 10. The number of hydrogen-bond donors (Lipinski definition) is 4. The fourth-order valence-corrected chi connectivity index (χ4v) is 12.0. The average molecular weight is 2450 g/mol. The maximum absolute atomic E-state index is 13.5. The van der Waals surface area contributed by atoms with Crippen molar-refractivity contribution in [1.29, 1.82) is 0 Å². The van der Waals surface area contributed by atoms with Crippen molar-refractivity contribution in [3.8, 4) is 55.2 Å². The number of carbonyl (C=O) groups is 4. The van der Waals surface area contributed by atoms with Crippen molar-refractivity contribution in [1.82, 2.24) is 29.9 Å². The zero-order valence-corrected chi connectivity index (χ0v) is 76.8. The normalized spacial score (nSPS) is 10.4. The molecular weight excluding hydrogens is 2380 g/mol. The summed E-state index contributed by atoms with van der Waals surface area (Å²) in [5.41, 5.74) is 9.78. The summed E-state index contributed by atoms with van der Waals surface area (Å²) in [5.74, 6) is -0.367. The Labute approximate surface area is 742 Å². The number of allylic oxidation sites excluding steroid dienone is 8. The Kier molecular flexibility index (Phi) is 44.9. The second-order valence-corrected chi connectivity index (χ2v) is 26.0. The summed E-state index contributed by atoms with van der Waals surface area (Å²) in [7, 11) is 0. The molecule has 115 heavy (non-hydrogen) atoms. The molecule has 15 nitrogen and oxygen atoms in total. The minimum atomic E-state index is -0.381. The van der Waals surface area contributed by atoms with Crippen molar-refractivity contribution in [2.45, 2.75) is 55.4 Å². The molecule has 0 spiro atoms. The predicted octanol–water partition coefficient (Wildman–Crippen LogP) is 23.2. The average Bonchev–Trinajstić information content (AvgIpc) is 1.69. The zero-order chi connectivity index (χ0) is 78.7. The molecule has 0 bridgehead atoms. The van der Waals surface area contributed by atoms with E-state index in [0.717, 1.165) is 65.6 Å². The van der Waals surface area contributed by atoms with Crippen LogP contribution in [-0.2, 0) is 120 Å². The molecular formula is C92H77FIr5N6O9S2-4. The Morgan fingerprint density at radius 1 is 0.365 bits per heavy atom. The van der Waals surface area contributed by atoms with Crippen LogP contribution in [0.2, 0.25) is 0 Å². The van der Waals surface area contributed by atoms with Crippen LogP contribution < -0.4 is 0 Å². The second kappa shape index (κ2) is 52.2. The predicted molar refractivity (Wildman–Crippen MR) is 443 cm³/mol. The van der Waals surface area contributed by atoms with E-state index in [2.05, 4.69) is 152 Å². The summed E-state index contributed by atoms with van der Waals surface area (Å²) in [6.45, 7) is 11.4. The van der Waals surface area contributed by atoms with Crippen LogP contribution >= 0.6 is 22.7 Å². The molecule has 597 valence electrons. The third kappa shape index (κ3) is 33.6. The number of aliphatic hydroxyl groups is 4. The van der Waals surface area contributed by atoms with Crippen LogP contribution in [0.5, 0.6) is 0 Å². The van der Waals surface area contributed by atoms with Crippen LogP contribution in [0.25, 0.3) is 119 Å². The minimum Gasteiger partial charge on any atom is -0.512 e. The molecule has 0 fully saturated rings. The number of aromatic nitrogens is 6. The molecule has 10 aromatic carbocycles. The number of halogens is 1. The second-order valence-electron chi connectivity index (χ2n) is 23.9. The van der Waals surface area contributed by atoms with Crippen molar-refractivity contribution < 1.29 is 149 Å². The molecule has 5 radical (unpaired) electrons. The van der Waals surface area contributed by atoms with E-state index in [1.54, 1.807) is 59.5 Å². The van der Waals surface area contributed by atoms with Gasteiger partial charge < -0.3 is 24.8 Å². The van der Waals surface area contributed by atoms with E-state index in [-0.39, 0.29) is 164 Å². The number of fused-ring (bicyclic) bond motifs is 6. The number of para-hydroxylation sites is 4. The maximum atomic E-state index is 13.5. The fraction of sp³-hybridized carbons (Fsp3) is 0.0870. The van der Waals surface area contributed by atoms with Crippen molar-refractivity contribution in [2.24, 2.45) is 0 Å². The number of aliphatic hydroxyl groups excluding tert-OH is 4. The van der Waals surface area contributed by atoms with E-state index in [4.69, 9.17) is 29.8 Å². The third-order valence-corrected chi connectivity index (χ3v) is 16.7. The Morgan fingerprint density at radius 2 is 0.748 bits per heavy atom. The van der Waals surface area contributed by atoms with Gasteiger partial charge in [-0.2, -0.15) is 11.3 Å². The first-order valence-electron chi connectivity index (χ1n) is 34.3. The summed E-state index contributed by atoms with van der Waals surface area (Å²) < 4.78 is 21.4. The van der Waals surface area contributed by atoms with Gasteiger partial charge in [0.15, 0.2) is 23.1 Å². The van der Waals surface area contributed by atoms with Gasteiger partial charge in [-0.05, 0) is 116 Å². The number of oxazole rings is 1. The Balaban J connectivity index is 0.000000341. The summed E-state index contributed by atoms with van der Waals surface area (Å²) in [6, 6.07) is 96.1. The number of thiazole rings is 2. The smallest absolute Gasteiger partial charge is 0.155 e. The van der Waals surface area contributed by atoms with E-state index in [1.165, 1.54) is 117 Å². The van der Waals surface area contributed by atoms with Gasteiger partial charge in [0.2, 0.25) is 0 Å². The van der Waals surface area contributed by atoms with Gasteiger partial charge in [-0.3, -0.25) is 48.5 Å². The Hall–Kier alpha value is -10.3. The molecule has 23 heteroatoms. The number of hydrogen-bond acceptors (Lipinski definition) is 17. The molecule has 16 rings (SSSR count). The van der Waals surface area contributed by atoms with E-state index in [9.17, 15) is 23.6 Å². The molecule has 6 heterocycles. The first-order chi connectivity index (χ1) is 53.1. The molecule has 6 aromatic heterocycles. The van der Waals surface area contributed by atoms with Crippen molar-refractivity contribution >= 4 is 110 Å². The van der Waals surface area contributed by atoms with Gasteiger partial charge in [-0.25, -0.2) is 4.98 Å². The summed E-state index contributed by atoms with van der Waals surface area (Å²) >= 11 is 3.40. The molecule has 0 aliphatic rings. The number of rotatable bonds is 9. The summed E-state index contributed by atoms with van der Waals surface area (Å²) in [6.07, 6.45) is 10.1. The zero-order valence-electron chi connectivity index (χ0n) is 63.2.